The first-order valence-electron chi connectivity index (χ1n) is 5.39. The molecule has 3 N–H and O–H groups in total. The van der Waals surface area contributed by atoms with Gasteiger partial charge in [0.1, 0.15) is 0 Å². The van der Waals surface area contributed by atoms with E-state index in [0.29, 0.717) is 13.1 Å². The van der Waals surface area contributed by atoms with Gasteiger partial charge in [-0.3, -0.25) is 4.79 Å². The van der Waals surface area contributed by atoms with E-state index < -0.39 is 0 Å². The second-order valence-corrected chi connectivity index (χ2v) is 4.63. The average Bonchev–Trinajstić information content (AvgIpc) is 2.90. The zero-order valence-corrected chi connectivity index (χ0v) is 10.2. The van der Waals surface area contributed by atoms with E-state index in [1.807, 2.05) is 41.8 Å². The molecule has 0 radical (unpaired) electrons. The van der Waals surface area contributed by atoms with Gasteiger partial charge in [-0.25, -0.2) is 0 Å². The third-order valence-electron chi connectivity index (χ3n) is 2.46. The predicted octanol–water partition coefficient (Wildman–Crippen LogP) is 2.14. The fourth-order valence-corrected chi connectivity index (χ4v) is 2.11. The Labute approximate surface area is 104 Å². The molecule has 1 amide bonds. The van der Waals surface area contributed by atoms with Crippen LogP contribution in [-0.4, -0.2) is 5.91 Å². The summed E-state index contributed by atoms with van der Waals surface area (Å²) in [5.74, 6) is -0.0251. The molecule has 1 heterocycles. The molecular weight excluding hydrogens is 232 g/mol. The Kier molecular flexibility index (Phi) is 3.90. The molecule has 0 fully saturated rings. The van der Waals surface area contributed by atoms with Gasteiger partial charge in [0.25, 0.3) is 5.91 Å². The van der Waals surface area contributed by atoms with E-state index in [1.54, 1.807) is 0 Å². The maximum absolute atomic E-state index is 11.7. The summed E-state index contributed by atoms with van der Waals surface area (Å²) in [6.07, 6.45) is 0. The van der Waals surface area contributed by atoms with Crippen molar-refractivity contribution >= 4 is 17.2 Å². The van der Waals surface area contributed by atoms with Crippen LogP contribution in [0.4, 0.5) is 0 Å². The second kappa shape index (κ2) is 5.61. The summed E-state index contributed by atoms with van der Waals surface area (Å²) in [4.78, 5) is 12.4. The van der Waals surface area contributed by atoms with Crippen molar-refractivity contribution in [3.63, 3.8) is 0 Å². The Hall–Kier alpha value is -1.65. The number of nitrogens with two attached hydrogens (primary N) is 1. The molecular formula is C13H14N2OS. The first kappa shape index (κ1) is 11.8. The molecule has 2 rings (SSSR count). The van der Waals surface area contributed by atoms with E-state index in [-0.39, 0.29) is 5.91 Å². The van der Waals surface area contributed by atoms with E-state index >= 15 is 0 Å². The van der Waals surface area contributed by atoms with Gasteiger partial charge in [-0.2, -0.15) is 0 Å². The van der Waals surface area contributed by atoms with Crippen LogP contribution in [0.15, 0.2) is 41.8 Å². The molecule has 0 unspecified atom stereocenters. The Morgan fingerprint density at radius 1 is 1.18 bits per heavy atom. The van der Waals surface area contributed by atoms with Gasteiger partial charge < -0.3 is 11.1 Å². The minimum absolute atomic E-state index is 0.0251. The number of rotatable bonds is 4. The normalized spacial score (nSPS) is 10.2. The van der Waals surface area contributed by atoms with Crippen molar-refractivity contribution < 1.29 is 4.79 Å². The highest BCUT2D eigenvalue weighted by molar-refractivity contribution is 7.12. The topological polar surface area (TPSA) is 55.1 Å². The zero-order valence-electron chi connectivity index (χ0n) is 9.35. The average molecular weight is 246 g/mol. The summed E-state index contributed by atoms with van der Waals surface area (Å²) in [6, 6.07) is 11.6. The molecule has 2 aromatic rings. The zero-order chi connectivity index (χ0) is 12.1. The van der Waals surface area contributed by atoms with Gasteiger partial charge in [0, 0.05) is 13.1 Å². The Morgan fingerprint density at radius 3 is 2.47 bits per heavy atom. The summed E-state index contributed by atoms with van der Waals surface area (Å²) in [7, 11) is 0. The van der Waals surface area contributed by atoms with Gasteiger partial charge in [0.15, 0.2) is 0 Å². The molecule has 88 valence electrons. The summed E-state index contributed by atoms with van der Waals surface area (Å²) >= 11 is 1.44. The van der Waals surface area contributed by atoms with Crippen molar-refractivity contribution in [2.75, 3.05) is 0 Å². The van der Waals surface area contributed by atoms with Crippen molar-refractivity contribution in [3.8, 4) is 0 Å². The maximum Gasteiger partial charge on any atom is 0.261 e. The smallest absolute Gasteiger partial charge is 0.261 e. The number of carbonyl (C=O) groups is 1. The molecule has 1 aromatic carbocycles. The summed E-state index contributed by atoms with van der Waals surface area (Å²) in [5, 5.41) is 4.77. The van der Waals surface area contributed by atoms with Crippen LogP contribution in [0.3, 0.4) is 0 Å². The van der Waals surface area contributed by atoms with Crippen LogP contribution < -0.4 is 11.1 Å². The number of benzene rings is 1. The SMILES string of the molecule is NCc1ccc(CNC(=O)c2cccs2)cc1. The van der Waals surface area contributed by atoms with Crippen molar-refractivity contribution in [2.45, 2.75) is 13.1 Å². The lowest BCUT2D eigenvalue weighted by molar-refractivity contribution is 0.0955. The van der Waals surface area contributed by atoms with E-state index in [9.17, 15) is 4.79 Å². The van der Waals surface area contributed by atoms with Crippen molar-refractivity contribution in [1.82, 2.24) is 5.32 Å². The number of thiophene rings is 1. The standard InChI is InChI=1S/C13H14N2OS/c14-8-10-3-5-11(6-4-10)9-15-13(16)12-2-1-7-17-12/h1-7H,8-9,14H2,(H,15,16). The van der Waals surface area contributed by atoms with Gasteiger partial charge in [-0.15, -0.1) is 11.3 Å². The van der Waals surface area contributed by atoms with Gasteiger partial charge >= 0.3 is 0 Å². The van der Waals surface area contributed by atoms with Crippen molar-refractivity contribution in [2.24, 2.45) is 5.73 Å². The number of hydrogen-bond acceptors (Lipinski definition) is 3. The highest BCUT2D eigenvalue weighted by atomic mass is 32.1. The van der Waals surface area contributed by atoms with E-state index in [1.165, 1.54) is 11.3 Å². The number of nitrogens with one attached hydrogen (secondary N) is 1. The number of carbonyl (C=O) groups excluding carboxylic acids is 1. The molecule has 0 atom stereocenters. The third kappa shape index (κ3) is 3.15. The fraction of sp³-hybridized carbons (Fsp3) is 0.154. The molecule has 0 aliphatic carbocycles. The fourth-order valence-electron chi connectivity index (χ4n) is 1.47. The van der Waals surface area contributed by atoms with Crippen LogP contribution in [0.25, 0.3) is 0 Å². The van der Waals surface area contributed by atoms with E-state index in [2.05, 4.69) is 5.32 Å². The third-order valence-corrected chi connectivity index (χ3v) is 3.33. The number of hydrogen-bond donors (Lipinski definition) is 2. The van der Waals surface area contributed by atoms with Gasteiger partial charge in [0.05, 0.1) is 4.88 Å². The van der Waals surface area contributed by atoms with E-state index in [0.717, 1.165) is 16.0 Å². The number of amides is 1. The van der Waals surface area contributed by atoms with Crippen LogP contribution in [0.1, 0.15) is 20.8 Å². The summed E-state index contributed by atoms with van der Waals surface area (Å²) < 4.78 is 0. The molecule has 0 spiro atoms. The van der Waals surface area contributed by atoms with Crippen LogP contribution in [-0.2, 0) is 13.1 Å². The van der Waals surface area contributed by atoms with Crippen molar-refractivity contribution in [3.05, 3.63) is 57.8 Å². The molecule has 17 heavy (non-hydrogen) atoms. The Bertz CT molecular complexity index is 477. The largest absolute Gasteiger partial charge is 0.347 e. The Morgan fingerprint density at radius 2 is 1.88 bits per heavy atom. The molecule has 1 aromatic heterocycles. The summed E-state index contributed by atoms with van der Waals surface area (Å²) in [5.41, 5.74) is 7.69. The minimum Gasteiger partial charge on any atom is -0.347 e. The minimum atomic E-state index is -0.0251. The summed E-state index contributed by atoms with van der Waals surface area (Å²) in [6.45, 7) is 1.09. The highest BCUT2D eigenvalue weighted by Gasteiger charge is 2.05. The van der Waals surface area contributed by atoms with Crippen LogP contribution in [0, 0.1) is 0 Å². The van der Waals surface area contributed by atoms with Crippen LogP contribution in [0.5, 0.6) is 0 Å². The van der Waals surface area contributed by atoms with E-state index in [4.69, 9.17) is 5.73 Å². The lowest BCUT2D eigenvalue weighted by Gasteiger charge is -2.04. The first-order valence-corrected chi connectivity index (χ1v) is 6.27. The predicted molar refractivity (Wildman–Crippen MR) is 69.8 cm³/mol. The second-order valence-electron chi connectivity index (χ2n) is 3.68. The molecule has 4 heteroatoms. The molecule has 0 aliphatic rings. The lowest BCUT2D eigenvalue weighted by atomic mass is 10.1. The van der Waals surface area contributed by atoms with Gasteiger partial charge in [0.2, 0.25) is 0 Å². The van der Waals surface area contributed by atoms with Crippen LogP contribution in [0.2, 0.25) is 0 Å². The first-order chi connectivity index (χ1) is 8.29. The molecule has 0 saturated carbocycles. The van der Waals surface area contributed by atoms with Gasteiger partial charge in [-0.1, -0.05) is 30.3 Å². The lowest BCUT2D eigenvalue weighted by Crippen LogP contribution is -2.21. The maximum atomic E-state index is 11.7. The van der Waals surface area contributed by atoms with Gasteiger partial charge in [-0.05, 0) is 22.6 Å². The monoisotopic (exact) mass is 246 g/mol. The Balaban J connectivity index is 1.91. The molecule has 0 bridgehead atoms. The van der Waals surface area contributed by atoms with Crippen LogP contribution >= 0.6 is 11.3 Å². The highest BCUT2D eigenvalue weighted by Crippen LogP contribution is 2.09. The molecule has 3 nitrogen and oxygen atoms in total. The quantitative estimate of drug-likeness (QED) is 0.868. The molecule has 0 saturated heterocycles. The van der Waals surface area contributed by atoms with Crippen molar-refractivity contribution in [1.29, 1.82) is 0 Å². The molecule has 0 aliphatic heterocycles.